The number of halogens is 3. The topological polar surface area (TPSA) is 82.5 Å². The molecule has 0 radical (unpaired) electrons. The van der Waals surface area contributed by atoms with Crippen LogP contribution in [0.5, 0.6) is 0 Å². The molecule has 1 N–H and O–H groups in total. The van der Waals surface area contributed by atoms with Crippen LogP contribution in [0.2, 0.25) is 0 Å². The zero-order valence-electron chi connectivity index (χ0n) is 27.5. The molecule has 5 atom stereocenters. The summed E-state index contributed by atoms with van der Waals surface area (Å²) in [6.07, 6.45) is 8.77. The summed E-state index contributed by atoms with van der Waals surface area (Å²) in [5.41, 5.74) is 0.563. The van der Waals surface area contributed by atoms with Crippen LogP contribution in [0.1, 0.15) is 68.4 Å². The molecule has 11 heteroatoms. The average molecular weight is 660 g/mol. The summed E-state index contributed by atoms with van der Waals surface area (Å²) in [4.78, 5) is 32.7. The number of carbonyl (C=O) groups is 2. The van der Waals surface area contributed by atoms with Gasteiger partial charge in [-0.3, -0.25) is 14.5 Å². The standard InChI is InChI=1S/C36H48F3N3O5/c1-46-22-28-17-25(30-12-9-26(36(37,38)39)18-33(30)40-15-13-24(14-16-40)35(44)45)19-42(28)34(43)32-21-41(27-5-3-4-6-27)20-31(32)23-7-10-29(47-2)11-8-23/h7,9-12,18,23-25,27-28,31-32H,3-6,8,13-17,19-22H2,1-2H3,(H,44,45)/t23?,25-,28+,31+,32-/m1/s1. The van der Waals surface area contributed by atoms with E-state index in [1.165, 1.54) is 31.7 Å². The van der Waals surface area contributed by atoms with Gasteiger partial charge in [-0.05, 0) is 80.2 Å². The van der Waals surface area contributed by atoms with Crippen LogP contribution in [0.25, 0.3) is 0 Å². The highest BCUT2D eigenvalue weighted by atomic mass is 19.4. The van der Waals surface area contributed by atoms with Gasteiger partial charge in [0.15, 0.2) is 0 Å². The fraction of sp³-hybridized carbons (Fsp3) is 0.667. The van der Waals surface area contributed by atoms with Gasteiger partial charge in [0.1, 0.15) is 5.76 Å². The minimum absolute atomic E-state index is 0.116. The van der Waals surface area contributed by atoms with E-state index in [0.717, 1.165) is 36.9 Å². The fourth-order valence-electron chi connectivity index (χ4n) is 8.89. The van der Waals surface area contributed by atoms with Crippen molar-refractivity contribution in [1.82, 2.24) is 9.80 Å². The number of methoxy groups -OCH3 is 2. The van der Waals surface area contributed by atoms with Crippen LogP contribution < -0.4 is 4.90 Å². The number of amides is 1. The summed E-state index contributed by atoms with van der Waals surface area (Å²) in [5.74, 6) is -0.356. The molecule has 0 aromatic heterocycles. The molecule has 3 heterocycles. The molecular formula is C36H48F3N3O5. The smallest absolute Gasteiger partial charge is 0.416 e. The molecule has 1 aromatic rings. The number of likely N-dealkylation sites (tertiary alicyclic amines) is 2. The lowest BCUT2D eigenvalue weighted by Gasteiger charge is -2.35. The quantitative estimate of drug-likeness (QED) is 0.352. The van der Waals surface area contributed by atoms with Crippen LogP contribution in [0.3, 0.4) is 0 Å². The van der Waals surface area contributed by atoms with Gasteiger partial charge in [-0.15, -0.1) is 0 Å². The third-order valence-corrected chi connectivity index (χ3v) is 11.5. The minimum Gasteiger partial charge on any atom is -0.497 e. The Morgan fingerprint density at radius 3 is 2.38 bits per heavy atom. The fourth-order valence-corrected chi connectivity index (χ4v) is 8.89. The maximum Gasteiger partial charge on any atom is 0.416 e. The van der Waals surface area contributed by atoms with Gasteiger partial charge in [0.2, 0.25) is 5.91 Å². The molecule has 5 aliphatic rings. The number of nitrogens with zero attached hydrogens (tertiary/aromatic N) is 3. The normalized spacial score (nSPS) is 29.5. The molecule has 3 aliphatic heterocycles. The first-order valence-corrected chi connectivity index (χ1v) is 17.2. The Bertz CT molecular complexity index is 1350. The van der Waals surface area contributed by atoms with Crippen LogP contribution in [0.4, 0.5) is 18.9 Å². The highest BCUT2D eigenvalue weighted by Crippen LogP contribution is 2.44. The van der Waals surface area contributed by atoms with Crippen molar-refractivity contribution >= 4 is 17.6 Å². The van der Waals surface area contributed by atoms with Crippen molar-refractivity contribution < 1.29 is 37.3 Å². The van der Waals surface area contributed by atoms with Gasteiger partial charge in [0.05, 0.1) is 37.2 Å². The number of hydrogen-bond donors (Lipinski definition) is 1. The van der Waals surface area contributed by atoms with Gasteiger partial charge in [-0.2, -0.15) is 13.2 Å². The monoisotopic (exact) mass is 659 g/mol. The summed E-state index contributed by atoms with van der Waals surface area (Å²) >= 11 is 0. The number of alkyl halides is 3. The lowest BCUT2D eigenvalue weighted by molar-refractivity contribution is -0.142. The Balaban J connectivity index is 1.26. The Morgan fingerprint density at radius 2 is 1.77 bits per heavy atom. The van der Waals surface area contributed by atoms with Crippen molar-refractivity contribution in [3.05, 3.63) is 53.3 Å². The highest BCUT2D eigenvalue weighted by Gasteiger charge is 2.48. The van der Waals surface area contributed by atoms with E-state index in [2.05, 4.69) is 17.1 Å². The number of piperidine rings is 1. The molecule has 4 fully saturated rings. The second-order valence-electron chi connectivity index (χ2n) is 14.1. The zero-order valence-corrected chi connectivity index (χ0v) is 27.5. The number of ether oxygens (including phenoxy) is 2. The van der Waals surface area contributed by atoms with E-state index in [9.17, 15) is 27.9 Å². The number of aliphatic carboxylic acids is 1. The molecule has 1 aromatic carbocycles. The summed E-state index contributed by atoms with van der Waals surface area (Å²) in [6, 6.07) is 4.26. The molecule has 258 valence electrons. The first kappa shape index (κ1) is 33.8. The molecule has 6 rings (SSSR count). The predicted molar refractivity (Wildman–Crippen MR) is 172 cm³/mol. The first-order chi connectivity index (χ1) is 22.6. The van der Waals surface area contributed by atoms with E-state index in [4.69, 9.17) is 9.47 Å². The van der Waals surface area contributed by atoms with E-state index in [-0.39, 0.29) is 35.6 Å². The lowest BCUT2D eigenvalue weighted by Crippen LogP contribution is -2.45. The second-order valence-corrected chi connectivity index (χ2v) is 14.1. The van der Waals surface area contributed by atoms with Crippen LogP contribution in [-0.2, 0) is 25.2 Å². The zero-order chi connectivity index (χ0) is 33.3. The largest absolute Gasteiger partial charge is 0.497 e. The number of carbonyl (C=O) groups excluding carboxylic acids is 1. The molecule has 0 bridgehead atoms. The molecule has 47 heavy (non-hydrogen) atoms. The Hall–Kier alpha value is -3.05. The highest BCUT2D eigenvalue weighted by molar-refractivity contribution is 5.81. The summed E-state index contributed by atoms with van der Waals surface area (Å²) in [5, 5.41) is 9.49. The third kappa shape index (κ3) is 7.21. The summed E-state index contributed by atoms with van der Waals surface area (Å²) < 4.78 is 52.8. The minimum atomic E-state index is -4.50. The van der Waals surface area contributed by atoms with E-state index < -0.39 is 23.6 Å². The molecule has 2 aliphatic carbocycles. The van der Waals surface area contributed by atoms with Crippen molar-refractivity contribution in [2.45, 2.75) is 75.5 Å². The Kier molecular flexibility index (Phi) is 10.2. The number of rotatable bonds is 9. The van der Waals surface area contributed by atoms with Crippen molar-refractivity contribution in [3.63, 3.8) is 0 Å². The molecule has 0 spiro atoms. The SMILES string of the molecule is COC[C@@H]1C[C@@H](c2ccc(C(F)(F)F)cc2N2CCC(C(=O)O)CC2)CN1C(=O)[C@@H]1CN(C2CCCC2)C[C@H]1C1C=CC(OC)=CC1. The van der Waals surface area contributed by atoms with Gasteiger partial charge in [-0.25, -0.2) is 0 Å². The van der Waals surface area contributed by atoms with E-state index in [1.807, 2.05) is 15.9 Å². The maximum atomic E-state index is 14.7. The Morgan fingerprint density at radius 1 is 1.02 bits per heavy atom. The van der Waals surface area contributed by atoms with Gasteiger partial charge in [0.25, 0.3) is 0 Å². The number of anilines is 1. The van der Waals surface area contributed by atoms with E-state index in [1.54, 1.807) is 20.3 Å². The van der Waals surface area contributed by atoms with Crippen molar-refractivity contribution in [3.8, 4) is 0 Å². The molecule has 3 saturated heterocycles. The second kappa shape index (κ2) is 14.2. The lowest BCUT2D eigenvalue weighted by atomic mass is 9.79. The molecule has 1 amide bonds. The number of carboxylic acid groups (broad SMARTS) is 1. The maximum absolute atomic E-state index is 14.7. The molecular weight excluding hydrogens is 611 g/mol. The van der Waals surface area contributed by atoms with Gasteiger partial charge >= 0.3 is 12.1 Å². The van der Waals surface area contributed by atoms with Gasteiger partial charge in [-0.1, -0.05) is 25.0 Å². The predicted octanol–water partition coefficient (Wildman–Crippen LogP) is 5.93. The van der Waals surface area contributed by atoms with Crippen LogP contribution >= 0.6 is 0 Å². The number of carboxylic acids is 1. The molecule has 8 nitrogen and oxygen atoms in total. The summed E-state index contributed by atoms with van der Waals surface area (Å²) in [7, 11) is 3.29. The average Bonchev–Trinajstić information content (AvgIpc) is 3.85. The van der Waals surface area contributed by atoms with Crippen LogP contribution in [-0.4, -0.2) is 92.4 Å². The van der Waals surface area contributed by atoms with Crippen molar-refractivity contribution in [1.29, 1.82) is 0 Å². The van der Waals surface area contributed by atoms with E-state index in [0.29, 0.717) is 57.2 Å². The Labute approximate surface area is 275 Å². The van der Waals surface area contributed by atoms with Crippen molar-refractivity contribution in [2.24, 2.45) is 23.7 Å². The third-order valence-electron chi connectivity index (χ3n) is 11.5. The molecule has 1 saturated carbocycles. The van der Waals surface area contributed by atoms with Gasteiger partial charge < -0.3 is 24.4 Å². The van der Waals surface area contributed by atoms with Gasteiger partial charge in [0, 0.05) is 57.5 Å². The van der Waals surface area contributed by atoms with Crippen LogP contribution in [0, 0.1) is 23.7 Å². The first-order valence-electron chi connectivity index (χ1n) is 17.2. The number of hydrogen-bond acceptors (Lipinski definition) is 6. The van der Waals surface area contributed by atoms with E-state index >= 15 is 0 Å². The van der Waals surface area contributed by atoms with Crippen molar-refractivity contribution in [2.75, 3.05) is 58.5 Å². The van der Waals surface area contributed by atoms with Crippen LogP contribution in [0.15, 0.2) is 42.2 Å². The number of benzene rings is 1. The molecule has 1 unspecified atom stereocenters. The summed E-state index contributed by atoms with van der Waals surface area (Å²) in [6.45, 7) is 3.12. The number of allylic oxidation sites excluding steroid dienone is 3.